The van der Waals surface area contributed by atoms with Crippen LogP contribution in [0.3, 0.4) is 0 Å². The van der Waals surface area contributed by atoms with Gasteiger partial charge in [-0.05, 0) is 49.7 Å². The molecule has 0 unspecified atom stereocenters. The first-order chi connectivity index (χ1) is 19.0. The lowest BCUT2D eigenvalue weighted by atomic mass is 9.80. The molecular weight excluding hydrogens is 512 g/mol. The first kappa shape index (κ1) is 27.4. The van der Waals surface area contributed by atoms with E-state index in [0.29, 0.717) is 37.8 Å². The number of ether oxygens (including phenoxy) is 2. The van der Waals surface area contributed by atoms with Crippen molar-refractivity contribution >= 4 is 40.3 Å². The highest BCUT2D eigenvalue weighted by Gasteiger charge is 2.35. The summed E-state index contributed by atoms with van der Waals surface area (Å²) < 4.78 is 11.6. The molecule has 1 saturated carbocycles. The van der Waals surface area contributed by atoms with E-state index < -0.39 is 11.9 Å². The maximum atomic E-state index is 13.2. The molecule has 1 aromatic carbocycles. The van der Waals surface area contributed by atoms with Crippen molar-refractivity contribution in [2.24, 2.45) is 17.1 Å². The van der Waals surface area contributed by atoms with Gasteiger partial charge in [0.25, 0.3) is 5.91 Å². The number of nitrogens with zero attached hydrogens (tertiary/aromatic N) is 2. The number of pyridine rings is 1. The minimum Gasteiger partial charge on any atom is -0.428 e. The molecule has 3 aromatic rings. The minimum atomic E-state index is -0.642. The molecule has 1 aliphatic carbocycles. The molecule has 2 aliphatic rings. The minimum absolute atomic E-state index is 0.00660. The lowest BCUT2D eigenvalue weighted by Gasteiger charge is -2.31. The summed E-state index contributed by atoms with van der Waals surface area (Å²) >= 11 is 0. The predicted molar refractivity (Wildman–Crippen MR) is 149 cm³/mol. The van der Waals surface area contributed by atoms with E-state index in [0.717, 1.165) is 34.1 Å². The molecule has 1 aliphatic heterocycles. The summed E-state index contributed by atoms with van der Waals surface area (Å²) in [4.78, 5) is 53.2. The van der Waals surface area contributed by atoms with Crippen molar-refractivity contribution < 1.29 is 28.7 Å². The summed E-state index contributed by atoms with van der Waals surface area (Å²) in [6.07, 6.45) is 5.35. The summed E-state index contributed by atoms with van der Waals surface area (Å²) in [5, 5.41) is 4.40. The van der Waals surface area contributed by atoms with Crippen molar-refractivity contribution in [2.45, 2.75) is 65.3 Å². The van der Waals surface area contributed by atoms with Crippen LogP contribution in [0.15, 0.2) is 36.5 Å². The van der Waals surface area contributed by atoms with Gasteiger partial charge in [0.15, 0.2) is 5.69 Å². The summed E-state index contributed by atoms with van der Waals surface area (Å²) in [6.45, 7) is 5.07. The molecule has 2 aromatic heterocycles. The topological polar surface area (TPSA) is 143 Å². The Bertz CT molecular complexity index is 1500. The molecule has 5 rings (SSSR count). The van der Waals surface area contributed by atoms with E-state index in [1.54, 1.807) is 6.20 Å². The van der Waals surface area contributed by atoms with Gasteiger partial charge in [-0.25, -0.2) is 4.98 Å². The van der Waals surface area contributed by atoms with Crippen molar-refractivity contribution in [1.82, 2.24) is 9.55 Å². The second-order valence-corrected chi connectivity index (χ2v) is 11.5. The second-order valence-electron chi connectivity index (χ2n) is 11.5. The number of nitrogens with one attached hydrogen (secondary N) is 1. The molecule has 3 heterocycles. The zero-order valence-corrected chi connectivity index (χ0v) is 23.0. The van der Waals surface area contributed by atoms with Gasteiger partial charge in [0.1, 0.15) is 0 Å². The Morgan fingerprint density at radius 1 is 1.10 bits per heavy atom. The maximum Gasteiger partial charge on any atom is 0.311 e. The van der Waals surface area contributed by atoms with Gasteiger partial charge in [-0.3, -0.25) is 23.7 Å². The van der Waals surface area contributed by atoms with Crippen molar-refractivity contribution in [3.05, 3.63) is 47.9 Å². The van der Waals surface area contributed by atoms with Gasteiger partial charge in [-0.15, -0.1) is 0 Å². The van der Waals surface area contributed by atoms with E-state index >= 15 is 0 Å². The van der Waals surface area contributed by atoms with Gasteiger partial charge < -0.3 is 20.5 Å². The zero-order valence-electron chi connectivity index (χ0n) is 23.0. The molecule has 10 heteroatoms. The number of rotatable bonds is 7. The number of primary amides is 1. The van der Waals surface area contributed by atoms with E-state index in [4.69, 9.17) is 15.2 Å². The van der Waals surface area contributed by atoms with Crippen LogP contribution in [0.2, 0.25) is 0 Å². The van der Waals surface area contributed by atoms with Crippen molar-refractivity contribution in [3.63, 3.8) is 0 Å². The quantitative estimate of drug-likeness (QED) is 0.327. The molecule has 40 heavy (non-hydrogen) atoms. The fourth-order valence-electron chi connectivity index (χ4n) is 5.96. The Labute approximate surface area is 232 Å². The van der Waals surface area contributed by atoms with E-state index in [-0.39, 0.29) is 41.7 Å². The number of hydrogen-bond donors (Lipinski definition) is 2. The van der Waals surface area contributed by atoms with Crippen LogP contribution >= 0.6 is 0 Å². The molecule has 1 fully saturated rings. The summed E-state index contributed by atoms with van der Waals surface area (Å²) in [7, 11) is 0. The van der Waals surface area contributed by atoms with Gasteiger partial charge in [-0.1, -0.05) is 32.0 Å². The second kappa shape index (κ2) is 10.7. The number of para-hydroxylation sites is 1. The predicted octanol–water partition coefficient (Wildman–Crippen LogP) is 4.45. The van der Waals surface area contributed by atoms with Crippen LogP contribution in [0, 0.1) is 11.3 Å². The molecule has 3 N–H and O–H groups in total. The van der Waals surface area contributed by atoms with E-state index in [1.165, 1.54) is 6.92 Å². The number of carbonyl (C=O) groups is 4. The largest absolute Gasteiger partial charge is 0.428 e. The zero-order chi connectivity index (χ0) is 28.6. The average Bonchev–Trinajstić information content (AvgIpc) is 3.21. The van der Waals surface area contributed by atoms with Crippen molar-refractivity contribution in [1.29, 1.82) is 0 Å². The Balaban J connectivity index is 1.42. The average molecular weight is 547 g/mol. The van der Waals surface area contributed by atoms with Crippen molar-refractivity contribution in [3.8, 4) is 11.1 Å². The molecular formula is C30H34N4O6. The number of hydrogen-bond acceptors (Lipinski definition) is 8. The first-order valence-electron chi connectivity index (χ1n) is 13.6. The molecule has 10 nitrogen and oxygen atoms in total. The third-order valence-electron chi connectivity index (χ3n) is 7.79. The molecule has 0 spiro atoms. The van der Waals surface area contributed by atoms with Crippen molar-refractivity contribution in [2.75, 3.05) is 12.1 Å². The van der Waals surface area contributed by atoms with Gasteiger partial charge in [0, 0.05) is 47.8 Å². The van der Waals surface area contributed by atoms with Crippen LogP contribution in [0.5, 0.6) is 0 Å². The number of carbonyl (C=O) groups excluding carboxylic acids is 4. The monoisotopic (exact) mass is 546 g/mol. The van der Waals surface area contributed by atoms with Crippen LogP contribution in [0.1, 0.15) is 73.9 Å². The standard InChI is InChI=1S/C30H34N4O6/c1-17(35)39-16-40-29(38)18-8-10-20(11-9-18)33-22-12-19(15-32-27(22)28(31)37)26-21-6-4-5-7-23(21)34-24(26)13-30(2,3)14-25(34)36/h4-7,12,15,18,20,33H,8-11,13-14,16H2,1-3H3,(H2,31,37). The van der Waals surface area contributed by atoms with Crippen LogP contribution in [0.25, 0.3) is 22.0 Å². The van der Waals surface area contributed by atoms with Crippen LogP contribution in [-0.4, -0.2) is 46.1 Å². The lowest BCUT2D eigenvalue weighted by molar-refractivity contribution is -0.169. The Hall–Kier alpha value is -4.21. The summed E-state index contributed by atoms with van der Waals surface area (Å²) in [5.41, 5.74) is 9.70. The first-order valence-corrected chi connectivity index (χ1v) is 13.6. The maximum absolute atomic E-state index is 13.2. The summed E-state index contributed by atoms with van der Waals surface area (Å²) in [5.74, 6) is -1.75. The Morgan fingerprint density at radius 3 is 2.52 bits per heavy atom. The normalized spacial score (nSPS) is 20.0. The molecule has 210 valence electrons. The van der Waals surface area contributed by atoms with Gasteiger partial charge in [0.2, 0.25) is 12.7 Å². The van der Waals surface area contributed by atoms with Crippen LogP contribution in [-0.2, 0) is 25.5 Å². The van der Waals surface area contributed by atoms with Gasteiger partial charge in [-0.2, -0.15) is 0 Å². The number of benzene rings is 1. The molecule has 0 bridgehead atoms. The summed E-state index contributed by atoms with van der Waals surface area (Å²) in [6, 6.07) is 9.73. The third kappa shape index (κ3) is 5.43. The van der Waals surface area contributed by atoms with E-state index in [1.807, 2.05) is 34.9 Å². The van der Waals surface area contributed by atoms with E-state index in [9.17, 15) is 19.2 Å². The number of nitrogens with two attached hydrogens (primary N) is 1. The van der Waals surface area contributed by atoms with Crippen LogP contribution < -0.4 is 11.1 Å². The number of fused-ring (bicyclic) bond motifs is 3. The fourth-order valence-corrected chi connectivity index (χ4v) is 5.96. The highest BCUT2D eigenvalue weighted by atomic mass is 16.7. The van der Waals surface area contributed by atoms with Gasteiger partial charge in [0.05, 0.1) is 17.1 Å². The number of amides is 1. The van der Waals surface area contributed by atoms with Crippen LogP contribution in [0.4, 0.5) is 5.69 Å². The highest BCUT2D eigenvalue weighted by molar-refractivity contribution is 6.05. The fraction of sp³-hybridized carbons (Fsp3) is 0.433. The number of anilines is 1. The SMILES string of the molecule is CC(=O)OCOC(=O)C1CCC(Nc2cc(-c3c4n(c5ccccc35)C(=O)CC(C)(C)C4)cnc2C(N)=O)CC1. The number of esters is 2. The highest BCUT2D eigenvalue weighted by Crippen LogP contribution is 2.43. The molecule has 0 radical (unpaired) electrons. The third-order valence-corrected chi connectivity index (χ3v) is 7.79. The molecule has 0 saturated heterocycles. The smallest absolute Gasteiger partial charge is 0.311 e. The number of aromatic nitrogens is 2. The van der Waals surface area contributed by atoms with E-state index in [2.05, 4.69) is 24.1 Å². The molecule has 0 atom stereocenters. The Kier molecular flexibility index (Phi) is 7.35. The van der Waals surface area contributed by atoms with Gasteiger partial charge >= 0.3 is 11.9 Å². The lowest BCUT2D eigenvalue weighted by Crippen LogP contribution is -2.32. The molecule has 1 amide bonds. The Morgan fingerprint density at radius 2 is 1.82 bits per heavy atom.